The fourth-order valence-electron chi connectivity index (χ4n) is 0.801. The molecular weight excluding hydrogens is 170 g/mol. The average molecular weight is 181 g/mol. The van der Waals surface area contributed by atoms with Gasteiger partial charge < -0.3 is 9.84 Å². The van der Waals surface area contributed by atoms with E-state index in [4.69, 9.17) is 9.84 Å². The Kier molecular flexibility index (Phi) is 3.92. The van der Waals surface area contributed by atoms with E-state index in [1.54, 1.807) is 12.1 Å². The molecular formula is C9H11NO3. The fourth-order valence-corrected chi connectivity index (χ4v) is 0.801. The summed E-state index contributed by atoms with van der Waals surface area (Å²) in [4.78, 5) is 14.1. The van der Waals surface area contributed by atoms with Crippen LogP contribution >= 0.6 is 0 Å². The highest BCUT2D eigenvalue weighted by atomic mass is 16.5. The molecule has 70 valence electrons. The maximum atomic E-state index is 10.2. The molecule has 4 heteroatoms. The minimum atomic E-state index is 0.111. The lowest BCUT2D eigenvalue weighted by Crippen LogP contribution is -2.00. The van der Waals surface area contributed by atoms with Crippen LogP contribution in [0.4, 0.5) is 0 Å². The zero-order valence-electron chi connectivity index (χ0n) is 7.14. The SMILES string of the molecule is O=Cc1ccc(OCCCO)cn1. The minimum Gasteiger partial charge on any atom is -0.492 e. The van der Waals surface area contributed by atoms with Crippen LogP contribution in [-0.4, -0.2) is 29.6 Å². The number of hydrogen-bond donors (Lipinski definition) is 1. The maximum absolute atomic E-state index is 10.2. The number of carbonyl (C=O) groups excluding carboxylic acids is 1. The first-order chi connectivity index (χ1) is 6.36. The van der Waals surface area contributed by atoms with Crippen LogP contribution in [0.1, 0.15) is 16.9 Å². The standard InChI is InChI=1S/C9H11NO3/c11-4-1-5-13-9-3-2-8(7-12)10-6-9/h2-3,6-7,11H,1,4-5H2. The van der Waals surface area contributed by atoms with Crippen LogP contribution in [0.15, 0.2) is 18.3 Å². The van der Waals surface area contributed by atoms with E-state index < -0.39 is 0 Å². The van der Waals surface area contributed by atoms with Gasteiger partial charge in [-0.2, -0.15) is 0 Å². The molecule has 0 spiro atoms. The zero-order valence-corrected chi connectivity index (χ0v) is 7.14. The van der Waals surface area contributed by atoms with Crippen LogP contribution in [0.3, 0.4) is 0 Å². The Labute approximate surface area is 76.2 Å². The summed E-state index contributed by atoms with van der Waals surface area (Å²) in [5.74, 6) is 0.610. The van der Waals surface area contributed by atoms with E-state index in [0.29, 0.717) is 30.8 Å². The van der Waals surface area contributed by atoms with Gasteiger partial charge in [0.2, 0.25) is 0 Å². The number of pyridine rings is 1. The van der Waals surface area contributed by atoms with E-state index >= 15 is 0 Å². The molecule has 0 amide bonds. The predicted octanol–water partition coefficient (Wildman–Crippen LogP) is 0.655. The molecule has 4 nitrogen and oxygen atoms in total. The van der Waals surface area contributed by atoms with Gasteiger partial charge in [-0.15, -0.1) is 0 Å². The van der Waals surface area contributed by atoms with Crippen molar-refractivity contribution >= 4 is 6.29 Å². The van der Waals surface area contributed by atoms with E-state index in [1.807, 2.05) is 0 Å². The molecule has 1 aromatic rings. The van der Waals surface area contributed by atoms with Gasteiger partial charge in [-0.05, 0) is 12.1 Å². The molecule has 0 aromatic carbocycles. The summed E-state index contributed by atoms with van der Waals surface area (Å²) in [5.41, 5.74) is 0.384. The van der Waals surface area contributed by atoms with Crippen LogP contribution in [0, 0.1) is 0 Å². The topological polar surface area (TPSA) is 59.4 Å². The molecule has 0 unspecified atom stereocenters. The number of ether oxygens (including phenoxy) is 1. The van der Waals surface area contributed by atoms with Crippen LogP contribution in [-0.2, 0) is 0 Å². The molecule has 0 saturated carbocycles. The van der Waals surface area contributed by atoms with E-state index in [-0.39, 0.29) is 6.61 Å². The van der Waals surface area contributed by atoms with Crippen molar-refractivity contribution in [3.63, 3.8) is 0 Å². The Balaban J connectivity index is 2.44. The third kappa shape index (κ3) is 3.21. The Bertz CT molecular complexity index is 258. The second kappa shape index (κ2) is 5.27. The smallest absolute Gasteiger partial charge is 0.168 e. The van der Waals surface area contributed by atoms with Gasteiger partial charge in [0.15, 0.2) is 6.29 Å². The highest BCUT2D eigenvalue weighted by Gasteiger charge is 1.94. The number of aliphatic hydroxyl groups excluding tert-OH is 1. The van der Waals surface area contributed by atoms with Crippen molar-refractivity contribution < 1.29 is 14.6 Å². The van der Waals surface area contributed by atoms with Crippen molar-refractivity contribution in [3.8, 4) is 5.75 Å². The molecule has 1 N–H and O–H groups in total. The normalized spacial score (nSPS) is 9.62. The largest absolute Gasteiger partial charge is 0.492 e. The van der Waals surface area contributed by atoms with Crippen molar-refractivity contribution in [2.45, 2.75) is 6.42 Å². The first-order valence-corrected chi connectivity index (χ1v) is 4.01. The van der Waals surface area contributed by atoms with E-state index in [2.05, 4.69) is 4.98 Å². The molecule has 1 aromatic heterocycles. The van der Waals surface area contributed by atoms with Gasteiger partial charge in [0.25, 0.3) is 0 Å². The maximum Gasteiger partial charge on any atom is 0.168 e. The van der Waals surface area contributed by atoms with Gasteiger partial charge in [-0.25, -0.2) is 4.98 Å². The first kappa shape index (κ1) is 9.67. The van der Waals surface area contributed by atoms with E-state index in [1.165, 1.54) is 6.20 Å². The monoisotopic (exact) mass is 181 g/mol. The molecule has 0 radical (unpaired) electrons. The quantitative estimate of drug-likeness (QED) is 0.535. The van der Waals surface area contributed by atoms with Crippen molar-refractivity contribution in [2.75, 3.05) is 13.2 Å². The molecule has 13 heavy (non-hydrogen) atoms. The van der Waals surface area contributed by atoms with Crippen LogP contribution in [0.5, 0.6) is 5.75 Å². The Hall–Kier alpha value is -1.42. The summed E-state index contributed by atoms with van der Waals surface area (Å²) in [7, 11) is 0. The van der Waals surface area contributed by atoms with Crippen LogP contribution in [0.2, 0.25) is 0 Å². The van der Waals surface area contributed by atoms with E-state index in [9.17, 15) is 4.79 Å². The summed E-state index contributed by atoms with van der Waals surface area (Å²) in [6, 6.07) is 3.26. The summed E-state index contributed by atoms with van der Waals surface area (Å²) in [6.45, 7) is 0.568. The first-order valence-electron chi connectivity index (χ1n) is 4.01. The van der Waals surface area contributed by atoms with Crippen molar-refractivity contribution in [3.05, 3.63) is 24.0 Å². The molecule has 1 heterocycles. The fraction of sp³-hybridized carbons (Fsp3) is 0.333. The summed E-state index contributed by atoms with van der Waals surface area (Å²) in [6.07, 6.45) is 2.76. The summed E-state index contributed by atoms with van der Waals surface area (Å²) >= 11 is 0. The summed E-state index contributed by atoms with van der Waals surface area (Å²) < 4.78 is 5.21. The average Bonchev–Trinajstić information content (AvgIpc) is 2.19. The van der Waals surface area contributed by atoms with Crippen molar-refractivity contribution in [1.29, 1.82) is 0 Å². The van der Waals surface area contributed by atoms with Gasteiger partial charge in [0.05, 0.1) is 12.8 Å². The summed E-state index contributed by atoms with van der Waals surface area (Å²) in [5, 5.41) is 8.48. The van der Waals surface area contributed by atoms with Gasteiger partial charge in [-0.1, -0.05) is 0 Å². The van der Waals surface area contributed by atoms with Gasteiger partial charge >= 0.3 is 0 Å². The molecule has 0 aliphatic carbocycles. The predicted molar refractivity (Wildman–Crippen MR) is 46.8 cm³/mol. The second-order valence-corrected chi connectivity index (χ2v) is 2.46. The lowest BCUT2D eigenvalue weighted by molar-refractivity contribution is 0.111. The van der Waals surface area contributed by atoms with Crippen molar-refractivity contribution in [1.82, 2.24) is 4.98 Å². The number of carbonyl (C=O) groups is 1. The minimum absolute atomic E-state index is 0.111. The molecule has 0 aliphatic heterocycles. The number of rotatable bonds is 5. The molecule has 0 saturated heterocycles. The molecule has 0 fully saturated rings. The Morgan fingerprint density at radius 1 is 1.54 bits per heavy atom. The second-order valence-electron chi connectivity index (χ2n) is 2.46. The van der Waals surface area contributed by atoms with Crippen LogP contribution in [0.25, 0.3) is 0 Å². The molecule has 0 atom stereocenters. The lowest BCUT2D eigenvalue weighted by atomic mass is 10.3. The number of aldehydes is 1. The van der Waals surface area contributed by atoms with Crippen molar-refractivity contribution in [2.24, 2.45) is 0 Å². The Morgan fingerprint density at radius 2 is 2.38 bits per heavy atom. The molecule has 0 aliphatic rings. The van der Waals surface area contributed by atoms with E-state index in [0.717, 1.165) is 0 Å². The van der Waals surface area contributed by atoms with Gasteiger partial charge in [0, 0.05) is 13.0 Å². The third-order valence-corrected chi connectivity index (χ3v) is 1.45. The number of nitrogens with zero attached hydrogens (tertiary/aromatic N) is 1. The number of aromatic nitrogens is 1. The van der Waals surface area contributed by atoms with Gasteiger partial charge in [0.1, 0.15) is 11.4 Å². The third-order valence-electron chi connectivity index (χ3n) is 1.45. The lowest BCUT2D eigenvalue weighted by Gasteiger charge is -2.03. The molecule has 0 bridgehead atoms. The Morgan fingerprint density at radius 3 is 2.92 bits per heavy atom. The van der Waals surface area contributed by atoms with Gasteiger partial charge in [-0.3, -0.25) is 4.79 Å². The number of hydrogen-bond acceptors (Lipinski definition) is 4. The highest BCUT2D eigenvalue weighted by molar-refractivity contribution is 5.71. The van der Waals surface area contributed by atoms with Crippen LogP contribution < -0.4 is 4.74 Å². The molecule has 1 rings (SSSR count). The number of aliphatic hydroxyl groups is 1. The zero-order chi connectivity index (χ0) is 9.52. The highest BCUT2D eigenvalue weighted by Crippen LogP contribution is 2.08.